The third kappa shape index (κ3) is 4.48. The van der Waals surface area contributed by atoms with Gasteiger partial charge < -0.3 is 20.9 Å². The molecule has 0 unspecified atom stereocenters. The number of thiophene rings is 1. The van der Waals surface area contributed by atoms with E-state index in [9.17, 15) is 9.59 Å². The quantitative estimate of drug-likeness (QED) is 0.163. The molecule has 1 saturated heterocycles. The van der Waals surface area contributed by atoms with E-state index < -0.39 is 0 Å². The minimum absolute atomic E-state index is 0.0319. The molecule has 10 nitrogen and oxygen atoms in total. The highest BCUT2D eigenvalue weighted by Crippen LogP contribution is 2.35. The van der Waals surface area contributed by atoms with E-state index in [1.165, 1.54) is 0 Å². The number of amidine groups is 1. The van der Waals surface area contributed by atoms with Crippen LogP contribution < -0.4 is 11.1 Å². The molecule has 2 aromatic heterocycles. The minimum atomic E-state index is -0.0618. The molecular formula is C25H24N8O2S. The molecule has 4 aromatic rings. The van der Waals surface area contributed by atoms with E-state index >= 15 is 0 Å². The Morgan fingerprint density at radius 3 is 2.56 bits per heavy atom. The zero-order chi connectivity index (χ0) is 25.2. The predicted octanol–water partition coefficient (Wildman–Crippen LogP) is 4.15. The smallest absolute Gasteiger partial charge is 0.254 e. The van der Waals surface area contributed by atoms with E-state index in [1.54, 1.807) is 34.1 Å². The maximum absolute atomic E-state index is 13.1. The molecule has 36 heavy (non-hydrogen) atoms. The fraction of sp³-hybridized carbons (Fsp3) is 0.200. The SMILES string of the molecule is CC(=O)N1CCN(C(=O)c2cccc(Nc3nc4cc(/C(N)=N/N=N)ccc4c4sccc34)c2)CC1. The third-order valence-corrected chi connectivity index (χ3v) is 7.18. The normalized spacial score (nSPS) is 14.3. The number of anilines is 2. The molecule has 1 fully saturated rings. The number of nitrogens with one attached hydrogen (secondary N) is 2. The van der Waals surface area contributed by atoms with Crippen LogP contribution in [0.15, 0.2) is 64.2 Å². The number of aromatic nitrogens is 1. The maximum Gasteiger partial charge on any atom is 0.254 e. The van der Waals surface area contributed by atoms with Crippen LogP contribution in [0.5, 0.6) is 0 Å². The summed E-state index contributed by atoms with van der Waals surface area (Å²) in [6.07, 6.45) is 0. The number of fused-ring (bicyclic) bond motifs is 3. The molecule has 5 rings (SSSR count). The highest BCUT2D eigenvalue weighted by atomic mass is 32.1. The van der Waals surface area contributed by atoms with Crippen molar-refractivity contribution >= 4 is 61.5 Å². The number of pyridine rings is 1. The predicted molar refractivity (Wildman–Crippen MR) is 141 cm³/mol. The number of rotatable bonds is 5. The van der Waals surface area contributed by atoms with E-state index in [2.05, 4.69) is 15.6 Å². The number of amides is 2. The largest absolute Gasteiger partial charge is 0.382 e. The monoisotopic (exact) mass is 500 g/mol. The first-order chi connectivity index (χ1) is 17.4. The molecule has 0 radical (unpaired) electrons. The zero-order valence-electron chi connectivity index (χ0n) is 19.6. The van der Waals surface area contributed by atoms with Crippen LogP contribution in [0.1, 0.15) is 22.8 Å². The fourth-order valence-electron chi connectivity index (χ4n) is 4.34. The molecule has 0 bridgehead atoms. The lowest BCUT2D eigenvalue weighted by molar-refractivity contribution is -0.130. The van der Waals surface area contributed by atoms with Crippen LogP contribution in [-0.2, 0) is 4.79 Å². The number of nitrogens with two attached hydrogens (primary N) is 1. The van der Waals surface area contributed by atoms with Crippen molar-refractivity contribution in [3.05, 3.63) is 65.0 Å². The summed E-state index contributed by atoms with van der Waals surface area (Å²) in [5.74, 6) is 0.777. The van der Waals surface area contributed by atoms with Gasteiger partial charge in [-0.15, -0.1) is 16.4 Å². The van der Waals surface area contributed by atoms with Gasteiger partial charge in [0.05, 0.1) is 5.52 Å². The van der Waals surface area contributed by atoms with Crippen LogP contribution in [0.3, 0.4) is 0 Å². The molecule has 2 aromatic carbocycles. The standard InChI is InChI=1S/C25H24N8O2S/c1-15(34)32-8-10-33(11-9-32)25(35)17-3-2-4-18(13-17)28-24-20-7-12-36-22(20)19-6-5-16(14-21(19)29-24)23(26)30-31-27/h2-7,12-14H,8-11H2,1H3,(H,28,29)(H3,26,27,30). The fourth-order valence-corrected chi connectivity index (χ4v) is 5.27. The minimum Gasteiger partial charge on any atom is -0.382 e. The Morgan fingerprint density at radius 1 is 1.03 bits per heavy atom. The second kappa shape index (κ2) is 9.70. The molecule has 182 valence electrons. The van der Waals surface area contributed by atoms with Crippen LogP contribution in [0, 0.1) is 5.53 Å². The molecule has 0 saturated carbocycles. The lowest BCUT2D eigenvalue weighted by Gasteiger charge is -2.34. The van der Waals surface area contributed by atoms with E-state index in [-0.39, 0.29) is 17.6 Å². The van der Waals surface area contributed by atoms with Crippen molar-refractivity contribution in [2.24, 2.45) is 16.1 Å². The first kappa shape index (κ1) is 23.4. The molecule has 1 aliphatic rings. The maximum atomic E-state index is 13.1. The molecule has 0 atom stereocenters. The lowest BCUT2D eigenvalue weighted by atomic mass is 10.1. The van der Waals surface area contributed by atoms with Gasteiger partial charge in [0.15, 0.2) is 5.84 Å². The molecule has 2 amide bonds. The van der Waals surface area contributed by atoms with Crippen molar-refractivity contribution in [2.75, 3.05) is 31.5 Å². The molecule has 1 aliphatic heterocycles. The number of hydrogen-bond acceptors (Lipinski definition) is 7. The van der Waals surface area contributed by atoms with Gasteiger partial charge in [-0.05, 0) is 35.7 Å². The number of carbonyl (C=O) groups is 2. The van der Waals surface area contributed by atoms with Gasteiger partial charge in [-0.25, -0.2) is 4.98 Å². The zero-order valence-corrected chi connectivity index (χ0v) is 20.4. The van der Waals surface area contributed by atoms with Crippen molar-refractivity contribution < 1.29 is 9.59 Å². The van der Waals surface area contributed by atoms with Crippen LogP contribution in [-0.4, -0.2) is 58.6 Å². The molecule has 4 N–H and O–H groups in total. The van der Waals surface area contributed by atoms with Crippen molar-refractivity contribution in [1.82, 2.24) is 14.8 Å². The summed E-state index contributed by atoms with van der Waals surface area (Å²) in [7, 11) is 0. The van der Waals surface area contributed by atoms with E-state index in [0.717, 1.165) is 26.7 Å². The molecular weight excluding hydrogens is 476 g/mol. The average Bonchev–Trinajstić information content (AvgIpc) is 3.39. The number of hydrogen-bond donors (Lipinski definition) is 3. The Hall–Kier alpha value is -4.38. The van der Waals surface area contributed by atoms with Crippen LogP contribution in [0.2, 0.25) is 0 Å². The Bertz CT molecular complexity index is 1520. The molecule has 0 aliphatic carbocycles. The lowest BCUT2D eigenvalue weighted by Crippen LogP contribution is -2.50. The van der Waals surface area contributed by atoms with Crippen LogP contribution >= 0.6 is 11.3 Å². The highest BCUT2D eigenvalue weighted by molar-refractivity contribution is 7.18. The molecule has 11 heteroatoms. The third-order valence-electron chi connectivity index (χ3n) is 6.23. The molecule has 0 spiro atoms. The van der Waals surface area contributed by atoms with E-state index in [4.69, 9.17) is 16.2 Å². The van der Waals surface area contributed by atoms with Gasteiger partial charge in [-0.2, -0.15) is 5.53 Å². The summed E-state index contributed by atoms with van der Waals surface area (Å²) in [6, 6.07) is 15.0. The Balaban J connectivity index is 1.44. The first-order valence-electron chi connectivity index (χ1n) is 11.4. The summed E-state index contributed by atoms with van der Waals surface area (Å²) in [5.41, 5.74) is 15.5. The van der Waals surface area contributed by atoms with Gasteiger partial charge in [0.1, 0.15) is 5.82 Å². The van der Waals surface area contributed by atoms with Gasteiger partial charge in [0.2, 0.25) is 5.91 Å². The second-order valence-corrected chi connectivity index (χ2v) is 9.36. The summed E-state index contributed by atoms with van der Waals surface area (Å²) in [5, 5.41) is 14.0. The first-order valence-corrected chi connectivity index (χ1v) is 12.3. The van der Waals surface area contributed by atoms with Gasteiger partial charge >= 0.3 is 0 Å². The second-order valence-electron chi connectivity index (χ2n) is 8.45. The number of carbonyl (C=O) groups excluding carboxylic acids is 2. The Labute approximate surface area is 210 Å². The van der Waals surface area contributed by atoms with Crippen LogP contribution in [0.25, 0.3) is 21.0 Å². The highest BCUT2D eigenvalue weighted by Gasteiger charge is 2.23. The summed E-state index contributed by atoms with van der Waals surface area (Å²) < 4.78 is 1.07. The topological polar surface area (TPSA) is 140 Å². The van der Waals surface area contributed by atoms with E-state index in [0.29, 0.717) is 43.1 Å². The van der Waals surface area contributed by atoms with Crippen molar-refractivity contribution in [1.29, 1.82) is 5.53 Å². The number of benzene rings is 2. The van der Waals surface area contributed by atoms with Gasteiger partial charge in [-0.1, -0.05) is 23.4 Å². The Morgan fingerprint density at radius 2 is 1.81 bits per heavy atom. The van der Waals surface area contributed by atoms with Gasteiger partial charge in [0.25, 0.3) is 5.91 Å². The summed E-state index contributed by atoms with van der Waals surface area (Å²) in [6.45, 7) is 3.67. The molecule has 3 heterocycles. The van der Waals surface area contributed by atoms with Crippen LogP contribution in [0.4, 0.5) is 11.5 Å². The van der Waals surface area contributed by atoms with E-state index in [1.807, 2.05) is 47.8 Å². The average molecular weight is 501 g/mol. The van der Waals surface area contributed by atoms with Gasteiger partial charge in [-0.3, -0.25) is 9.59 Å². The summed E-state index contributed by atoms with van der Waals surface area (Å²) in [4.78, 5) is 33.1. The van der Waals surface area contributed by atoms with Crippen molar-refractivity contribution in [3.63, 3.8) is 0 Å². The number of nitrogens with zero attached hydrogens (tertiary/aromatic N) is 5. The summed E-state index contributed by atoms with van der Waals surface area (Å²) >= 11 is 1.62. The number of piperazine rings is 1. The van der Waals surface area contributed by atoms with Crippen molar-refractivity contribution in [2.45, 2.75) is 6.92 Å². The van der Waals surface area contributed by atoms with Crippen molar-refractivity contribution in [3.8, 4) is 0 Å². The Kier molecular flexibility index (Phi) is 6.30. The van der Waals surface area contributed by atoms with Gasteiger partial charge in [0, 0.05) is 65.4 Å².